The number of rotatable bonds is 17. The number of nitrogens with one attached hydrogen (secondary N) is 4. The Hall–Kier alpha value is -3.80. The molecule has 214 valence electrons. The quantitative estimate of drug-likeness (QED) is 0.159. The maximum absolute atomic E-state index is 12.5. The van der Waals surface area contributed by atoms with Crippen LogP contribution in [0.2, 0.25) is 0 Å². The maximum atomic E-state index is 12.5. The number of carbonyl (C=O) groups is 1. The topological polar surface area (TPSA) is 148 Å². The average molecular weight is 549 g/mol. The van der Waals surface area contributed by atoms with Gasteiger partial charge in [0.05, 0.1) is 26.4 Å². The van der Waals surface area contributed by atoms with Gasteiger partial charge in [-0.1, -0.05) is 43.2 Å². The molecule has 1 saturated carbocycles. The predicted molar refractivity (Wildman–Crippen MR) is 157 cm³/mol. The van der Waals surface area contributed by atoms with Gasteiger partial charge >= 0.3 is 0 Å². The Kier molecular flexibility index (Phi) is 11.9. The summed E-state index contributed by atoms with van der Waals surface area (Å²) in [6.07, 6.45) is 5.52. The first kappa shape index (κ1) is 29.2. The fourth-order valence-electron chi connectivity index (χ4n) is 4.37. The molecule has 0 saturated heterocycles. The average Bonchev–Trinajstić information content (AvgIpc) is 3.48. The first-order valence-corrected chi connectivity index (χ1v) is 14.0. The van der Waals surface area contributed by atoms with Crippen LogP contribution in [0.5, 0.6) is 0 Å². The fraction of sp³-hybridized carbons (Fsp3) is 0.448. The zero-order valence-corrected chi connectivity index (χ0v) is 22.9. The van der Waals surface area contributed by atoms with Crippen molar-refractivity contribution >= 4 is 29.4 Å². The van der Waals surface area contributed by atoms with E-state index in [0.717, 1.165) is 24.9 Å². The van der Waals surface area contributed by atoms with Crippen molar-refractivity contribution in [1.29, 1.82) is 0 Å². The Morgan fingerprint density at radius 2 is 1.52 bits per heavy atom. The van der Waals surface area contributed by atoms with Crippen LogP contribution >= 0.6 is 0 Å². The first-order valence-electron chi connectivity index (χ1n) is 14.0. The molecule has 6 N–H and O–H groups in total. The molecule has 11 nitrogen and oxygen atoms in total. The third-order valence-corrected chi connectivity index (χ3v) is 6.43. The summed E-state index contributed by atoms with van der Waals surface area (Å²) in [6, 6.07) is 17.9. The molecule has 0 radical (unpaired) electrons. The highest BCUT2D eigenvalue weighted by Crippen LogP contribution is 2.22. The van der Waals surface area contributed by atoms with Crippen LogP contribution in [0.15, 0.2) is 54.6 Å². The second-order valence-corrected chi connectivity index (χ2v) is 9.57. The van der Waals surface area contributed by atoms with E-state index in [0.29, 0.717) is 75.5 Å². The lowest BCUT2D eigenvalue weighted by molar-refractivity contribution is 0.0511. The summed E-state index contributed by atoms with van der Waals surface area (Å²) in [7, 11) is 0. The minimum absolute atomic E-state index is 0.164. The monoisotopic (exact) mass is 548 g/mol. The lowest BCUT2D eigenvalue weighted by Crippen LogP contribution is -2.27. The van der Waals surface area contributed by atoms with Crippen molar-refractivity contribution in [1.82, 2.24) is 20.3 Å². The van der Waals surface area contributed by atoms with E-state index in [9.17, 15) is 4.79 Å². The van der Waals surface area contributed by atoms with Crippen LogP contribution in [0.1, 0.15) is 41.6 Å². The number of nitrogens with two attached hydrogens (primary N) is 1. The van der Waals surface area contributed by atoms with Crippen LogP contribution in [0, 0.1) is 0 Å². The summed E-state index contributed by atoms with van der Waals surface area (Å²) < 4.78 is 10.7. The molecule has 1 heterocycles. The Bertz CT molecular complexity index is 1160. The number of hydrogen-bond acceptors (Lipinski definition) is 10. The van der Waals surface area contributed by atoms with Gasteiger partial charge in [-0.2, -0.15) is 15.0 Å². The molecule has 4 rings (SSSR count). The molecule has 0 bridgehead atoms. The van der Waals surface area contributed by atoms with Crippen molar-refractivity contribution in [3.05, 3.63) is 65.7 Å². The standard InChI is InChI=1S/C29H40N8O3/c30-15-18-39-20-21-40-19-17-31-26(38)23-10-12-25(13-11-23)34-29-36-27(32-16-14-22-6-2-1-3-7-22)35-28(37-29)33-24-8-4-5-9-24/h1-3,6-7,10-13,24H,4-5,8-9,14-21,30H2,(H,31,38)(H3,32,33,34,35,36,37). The van der Waals surface area contributed by atoms with Crippen LogP contribution in [0.4, 0.5) is 23.5 Å². The van der Waals surface area contributed by atoms with E-state index in [2.05, 4.69) is 48.4 Å². The van der Waals surface area contributed by atoms with Gasteiger partial charge in [-0.05, 0) is 49.1 Å². The zero-order valence-electron chi connectivity index (χ0n) is 22.9. The molecule has 2 aromatic carbocycles. The Labute approximate surface area is 235 Å². The zero-order chi connectivity index (χ0) is 27.8. The molecule has 1 aliphatic carbocycles. The maximum Gasteiger partial charge on any atom is 0.251 e. The Balaban J connectivity index is 1.30. The lowest BCUT2D eigenvalue weighted by atomic mass is 10.1. The lowest BCUT2D eigenvalue weighted by Gasteiger charge is -2.15. The minimum Gasteiger partial charge on any atom is -0.378 e. The van der Waals surface area contributed by atoms with Crippen molar-refractivity contribution in [2.75, 3.05) is 62.0 Å². The largest absolute Gasteiger partial charge is 0.378 e. The first-order chi connectivity index (χ1) is 19.7. The van der Waals surface area contributed by atoms with Crippen molar-refractivity contribution in [3.8, 4) is 0 Å². The predicted octanol–water partition coefficient (Wildman–Crippen LogP) is 3.35. The molecule has 1 fully saturated rings. The third-order valence-electron chi connectivity index (χ3n) is 6.43. The molecule has 0 aliphatic heterocycles. The molecule has 1 amide bonds. The molecule has 1 aromatic heterocycles. The summed E-state index contributed by atoms with van der Waals surface area (Å²) >= 11 is 0. The summed E-state index contributed by atoms with van der Waals surface area (Å²) in [5, 5.41) is 12.9. The van der Waals surface area contributed by atoms with Gasteiger partial charge in [0.15, 0.2) is 0 Å². The number of carbonyl (C=O) groups excluding carboxylic acids is 1. The molecule has 40 heavy (non-hydrogen) atoms. The molecule has 0 atom stereocenters. The van der Waals surface area contributed by atoms with Crippen LogP contribution < -0.4 is 27.0 Å². The summed E-state index contributed by atoms with van der Waals surface area (Å²) in [4.78, 5) is 26.3. The van der Waals surface area contributed by atoms with Crippen molar-refractivity contribution in [2.24, 2.45) is 5.73 Å². The highest BCUT2D eigenvalue weighted by Gasteiger charge is 2.17. The van der Waals surface area contributed by atoms with Gasteiger partial charge in [0.1, 0.15) is 0 Å². The van der Waals surface area contributed by atoms with E-state index in [4.69, 9.17) is 15.2 Å². The normalized spacial score (nSPS) is 13.2. The van der Waals surface area contributed by atoms with Crippen LogP contribution in [0.3, 0.4) is 0 Å². The Morgan fingerprint density at radius 3 is 2.27 bits per heavy atom. The van der Waals surface area contributed by atoms with E-state index in [1.807, 2.05) is 30.3 Å². The SMILES string of the molecule is NCCOCCOCCNC(=O)c1ccc(Nc2nc(NCCc3ccccc3)nc(NC3CCCC3)n2)cc1. The number of aromatic nitrogens is 3. The van der Waals surface area contributed by atoms with Gasteiger partial charge in [0.25, 0.3) is 5.91 Å². The van der Waals surface area contributed by atoms with Crippen LogP contribution in [0.25, 0.3) is 0 Å². The highest BCUT2D eigenvalue weighted by atomic mass is 16.5. The van der Waals surface area contributed by atoms with Gasteiger partial charge in [0.2, 0.25) is 17.8 Å². The molecule has 3 aromatic rings. The van der Waals surface area contributed by atoms with Gasteiger partial charge < -0.3 is 36.5 Å². The molecule has 0 unspecified atom stereocenters. The molecule has 11 heteroatoms. The van der Waals surface area contributed by atoms with Gasteiger partial charge in [0, 0.05) is 36.9 Å². The second-order valence-electron chi connectivity index (χ2n) is 9.57. The molecule has 0 spiro atoms. The molecular formula is C29H40N8O3. The highest BCUT2D eigenvalue weighted by molar-refractivity contribution is 5.94. The van der Waals surface area contributed by atoms with E-state index >= 15 is 0 Å². The molecule has 1 aliphatic rings. The molecular weight excluding hydrogens is 508 g/mol. The van der Waals surface area contributed by atoms with E-state index < -0.39 is 0 Å². The van der Waals surface area contributed by atoms with E-state index in [1.54, 1.807) is 12.1 Å². The fourth-order valence-corrected chi connectivity index (χ4v) is 4.37. The Morgan fingerprint density at radius 1 is 0.825 bits per heavy atom. The van der Waals surface area contributed by atoms with Crippen molar-refractivity contribution in [3.63, 3.8) is 0 Å². The third kappa shape index (κ3) is 10.1. The van der Waals surface area contributed by atoms with E-state index in [-0.39, 0.29) is 5.91 Å². The number of benzene rings is 2. The minimum atomic E-state index is -0.164. The van der Waals surface area contributed by atoms with Crippen molar-refractivity contribution < 1.29 is 14.3 Å². The van der Waals surface area contributed by atoms with Gasteiger partial charge in [-0.25, -0.2) is 0 Å². The number of nitrogens with zero attached hydrogens (tertiary/aromatic N) is 3. The van der Waals surface area contributed by atoms with Crippen LogP contribution in [-0.2, 0) is 15.9 Å². The number of anilines is 4. The number of ether oxygens (including phenoxy) is 2. The van der Waals surface area contributed by atoms with Crippen molar-refractivity contribution in [2.45, 2.75) is 38.1 Å². The van der Waals surface area contributed by atoms with E-state index in [1.165, 1.54) is 18.4 Å². The summed E-state index contributed by atoms with van der Waals surface area (Å²) in [5.41, 5.74) is 7.94. The summed E-state index contributed by atoms with van der Waals surface area (Å²) in [5.74, 6) is 1.33. The number of amides is 1. The summed E-state index contributed by atoms with van der Waals surface area (Å²) in [6.45, 7) is 3.50. The van der Waals surface area contributed by atoms with Crippen LogP contribution in [-0.4, -0.2) is 73.0 Å². The second kappa shape index (κ2) is 16.3. The van der Waals surface area contributed by atoms with Gasteiger partial charge in [-0.15, -0.1) is 0 Å². The van der Waals surface area contributed by atoms with Gasteiger partial charge in [-0.3, -0.25) is 4.79 Å². The number of hydrogen-bond donors (Lipinski definition) is 5. The smallest absolute Gasteiger partial charge is 0.251 e.